The molecule has 1 saturated heterocycles. The maximum atomic E-state index is 12.9. The van der Waals surface area contributed by atoms with E-state index in [1.165, 1.54) is 6.92 Å². The number of nitrogens with zero attached hydrogens (tertiary/aromatic N) is 1. The van der Waals surface area contributed by atoms with Crippen LogP contribution in [-0.4, -0.2) is 81.6 Å². The average Bonchev–Trinajstić information content (AvgIpc) is 3.19. The Balaban J connectivity index is 1.39. The number of aromatic hydroxyl groups is 1. The number of likely N-dealkylation sites (N-methyl/N-ethyl adjacent to an activating group) is 1. The van der Waals surface area contributed by atoms with Crippen LogP contribution in [0.15, 0.2) is 24.0 Å². The van der Waals surface area contributed by atoms with Crippen LogP contribution in [0.25, 0.3) is 0 Å². The number of esters is 2. The van der Waals surface area contributed by atoms with Gasteiger partial charge in [0.2, 0.25) is 0 Å². The van der Waals surface area contributed by atoms with Crippen LogP contribution in [0.2, 0.25) is 0 Å². The lowest BCUT2D eigenvalue weighted by molar-refractivity contribution is -0.175. The van der Waals surface area contributed by atoms with Crippen LogP contribution >= 0.6 is 0 Å². The minimum Gasteiger partial charge on any atom is -0.504 e. The summed E-state index contributed by atoms with van der Waals surface area (Å²) in [7, 11) is 1.98. The van der Waals surface area contributed by atoms with Crippen LogP contribution in [0.5, 0.6) is 11.5 Å². The topological polar surface area (TPSA) is 169 Å². The molecule has 5 rings (SSSR count). The van der Waals surface area contributed by atoms with E-state index in [4.69, 9.17) is 25.1 Å². The fourth-order valence-corrected chi connectivity index (χ4v) is 6.34. The summed E-state index contributed by atoms with van der Waals surface area (Å²) >= 11 is 0. The van der Waals surface area contributed by atoms with Gasteiger partial charge < -0.3 is 40.2 Å². The number of aliphatic carboxylic acids is 1. The Morgan fingerprint density at radius 1 is 1.31 bits per heavy atom. The Bertz CT molecular complexity index is 1170. The molecule has 4 aliphatic rings. The molecule has 11 heteroatoms. The minimum absolute atomic E-state index is 0.0411. The van der Waals surface area contributed by atoms with Gasteiger partial charge in [-0.25, -0.2) is 4.79 Å². The van der Waals surface area contributed by atoms with E-state index in [2.05, 4.69) is 4.90 Å². The molecule has 2 bridgehead atoms. The molecular weight excluding hydrogens is 472 g/mol. The van der Waals surface area contributed by atoms with Crippen molar-refractivity contribution in [3.8, 4) is 11.5 Å². The zero-order valence-corrected chi connectivity index (χ0v) is 20.1. The fraction of sp³-hybridized carbons (Fsp3) is 0.560. The molecule has 2 aliphatic carbocycles. The Morgan fingerprint density at radius 2 is 2.06 bits per heavy atom. The molecule has 2 aliphatic heterocycles. The summed E-state index contributed by atoms with van der Waals surface area (Å²) in [6.07, 6.45) is 0.390. The van der Waals surface area contributed by atoms with Crippen molar-refractivity contribution in [3.63, 3.8) is 0 Å². The van der Waals surface area contributed by atoms with Crippen molar-refractivity contribution in [3.05, 3.63) is 35.1 Å². The summed E-state index contributed by atoms with van der Waals surface area (Å²) in [6, 6.07) is 2.06. The lowest BCUT2D eigenvalue weighted by Crippen LogP contribution is -2.74. The number of aliphatic hydroxyl groups is 1. The molecule has 6 atom stereocenters. The first-order valence-corrected chi connectivity index (χ1v) is 12.0. The highest BCUT2D eigenvalue weighted by Crippen LogP contribution is 2.65. The number of phenols is 1. The van der Waals surface area contributed by atoms with Crippen molar-refractivity contribution in [2.45, 2.75) is 74.3 Å². The smallest absolute Gasteiger partial charge is 0.352 e. The van der Waals surface area contributed by atoms with Gasteiger partial charge in [0.25, 0.3) is 0 Å². The van der Waals surface area contributed by atoms with E-state index >= 15 is 0 Å². The van der Waals surface area contributed by atoms with E-state index in [1.54, 1.807) is 12.1 Å². The van der Waals surface area contributed by atoms with Crippen LogP contribution in [-0.2, 0) is 35.7 Å². The van der Waals surface area contributed by atoms with Crippen LogP contribution in [0.4, 0.5) is 0 Å². The number of phenolic OH excluding ortho intramolecular Hbond substituents is 1. The monoisotopic (exact) mass is 502 g/mol. The molecular formula is C25H30N2O9. The number of piperidine rings is 1. The van der Waals surface area contributed by atoms with Gasteiger partial charge in [-0.2, -0.15) is 0 Å². The van der Waals surface area contributed by atoms with E-state index in [0.717, 1.165) is 11.1 Å². The number of carbonyl (C=O) groups excluding carboxylic acids is 2. The highest BCUT2D eigenvalue weighted by molar-refractivity contribution is 5.82. The van der Waals surface area contributed by atoms with E-state index in [-0.39, 0.29) is 36.8 Å². The van der Waals surface area contributed by atoms with Crippen LogP contribution < -0.4 is 10.5 Å². The minimum atomic E-state index is -1.31. The number of ether oxygens (including phenoxy) is 3. The second-order valence-corrected chi connectivity index (χ2v) is 10.1. The molecule has 2 heterocycles. The van der Waals surface area contributed by atoms with Crippen molar-refractivity contribution in [2.24, 2.45) is 5.73 Å². The van der Waals surface area contributed by atoms with Gasteiger partial charge in [0.05, 0.1) is 11.0 Å². The fourth-order valence-electron chi connectivity index (χ4n) is 6.34. The predicted molar refractivity (Wildman–Crippen MR) is 123 cm³/mol. The SMILES string of the molecule is C[C@H](OC(=O)[C@@H](N)CCC(=O)O)C(=O)OC1=CC[C@@]2(O)[C@H]3Cc4ccc(O)c5c4C2(CCN3C)C1O5. The van der Waals surface area contributed by atoms with Gasteiger partial charge in [-0.1, -0.05) is 6.07 Å². The molecule has 1 aromatic rings. The first-order chi connectivity index (χ1) is 17.0. The number of hydrogen-bond donors (Lipinski definition) is 4. The van der Waals surface area contributed by atoms with Gasteiger partial charge in [-0.05, 0) is 57.5 Å². The van der Waals surface area contributed by atoms with Gasteiger partial charge in [0, 0.05) is 24.4 Å². The molecule has 2 unspecified atom stereocenters. The largest absolute Gasteiger partial charge is 0.504 e. The molecule has 11 nitrogen and oxygen atoms in total. The summed E-state index contributed by atoms with van der Waals surface area (Å²) in [6.45, 7) is 2.02. The van der Waals surface area contributed by atoms with Crippen LogP contribution in [0, 0.1) is 0 Å². The van der Waals surface area contributed by atoms with Crippen molar-refractivity contribution in [1.29, 1.82) is 0 Å². The van der Waals surface area contributed by atoms with E-state index in [9.17, 15) is 24.6 Å². The molecule has 0 radical (unpaired) electrons. The molecule has 1 aromatic carbocycles. The number of rotatable bonds is 7. The third-order valence-electron chi connectivity index (χ3n) is 8.17. The lowest BCUT2D eigenvalue weighted by atomic mass is 9.50. The van der Waals surface area contributed by atoms with Gasteiger partial charge >= 0.3 is 17.9 Å². The second-order valence-electron chi connectivity index (χ2n) is 10.1. The van der Waals surface area contributed by atoms with Crippen molar-refractivity contribution >= 4 is 17.9 Å². The molecule has 0 aromatic heterocycles. The van der Waals surface area contributed by atoms with Gasteiger partial charge in [0.15, 0.2) is 23.7 Å². The molecule has 36 heavy (non-hydrogen) atoms. The number of hydrogen-bond acceptors (Lipinski definition) is 10. The summed E-state index contributed by atoms with van der Waals surface area (Å²) in [5.74, 6) is -2.41. The van der Waals surface area contributed by atoms with Crippen molar-refractivity contribution in [1.82, 2.24) is 4.90 Å². The maximum absolute atomic E-state index is 12.9. The Labute approximate surface area is 207 Å². The standard InChI is InChI=1S/C25H30N2O9/c1-12(34-23(32)14(26)4-6-18(29)30)22(31)35-16-7-8-25(33)17-11-13-3-5-15(28)20-19(13)24(25,21(16)36-20)9-10-27(17)2/h3,5,7,12,14,17,21,28,33H,4,6,8-11,26H2,1-2H3,(H,29,30)/t12-,14-,17+,21?,24?,25+/m0/s1. The highest BCUT2D eigenvalue weighted by Gasteiger charge is 2.72. The Hall–Kier alpha value is -3.15. The molecule has 0 amide bonds. The number of carbonyl (C=O) groups is 3. The van der Waals surface area contributed by atoms with Gasteiger partial charge in [-0.15, -0.1) is 0 Å². The van der Waals surface area contributed by atoms with Crippen molar-refractivity contribution < 1.29 is 43.9 Å². The lowest BCUT2D eigenvalue weighted by Gasteiger charge is -2.61. The van der Waals surface area contributed by atoms with Crippen LogP contribution in [0.1, 0.15) is 43.7 Å². The van der Waals surface area contributed by atoms with Gasteiger partial charge in [0.1, 0.15) is 11.8 Å². The first kappa shape index (κ1) is 24.5. The zero-order valence-electron chi connectivity index (χ0n) is 20.1. The quantitative estimate of drug-likeness (QED) is 0.379. The van der Waals surface area contributed by atoms with E-state index in [1.807, 2.05) is 13.1 Å². The third-order valence-corrected chi connectivity index (χ3v) is 8.17. The maximum Gasteiger partial charge on any atom is 0.352 e. The molecule has 194 valence electrons. The zero-order chi connectivity index (χ0) is 26.0. The summed E-state index contributed by atoms with van der Waals surface area (Å²) < 4.78 is 17.0. The number of likely N-dealkylation sites (tertiary alicyclic amines) is 1. The number of carboxylic acids is 1. The first-order valence-electron chi connectivity index (χ1n) is 12.0. The van der Waals surface area contributed by atoms with Crippen LogP contribution in [0.3, 0.4) is 0 Å². The summed E-state index contributed by atoms with van der Waals surface area (Å²) in [4.78, 5) is 37.9. The highest BCUT2D eigenvalue weighted by atomic mass is 16.6. The number of carboxylic acid groups (broad SMARTS) is 1. The molecule has 1 spiro atoms. The number of nitrogens with two attached hydrogens (primary N) is 1. The van der Waals surface area contributed by atoms with Crippen molar-refractivity contribution in [2.75, 3.05) is 13.6 Å². The van der Waals surface area contributed by atoms with E-state index < -0.39 is 47.2 Å². The molecule has 0 saturated carbocycles. The molecule has 5 N–H and O–H groups in total. The average molecular weight is 503 g/mol. The Kier molecular flexibility index (Phi) is 5.77. The predicted octanol–water partition coefficient (Wildman–Crippen LogP) is 0.337. The Morgan fingerprint density at radius 3 is 2.78 bits per heavy atom. The number of benzene rings is 1. The normalized spacial score (nSPS) is 31.4. The van der Waals surface area contributed by atoms with E-state index in [0.29, 0.717) is 25.1 Å². The molecule has 1 fully saturated rings. The second kappa shape index (κ2) is 8.46. The third kappa shape index (κ3) is 3.40. The van der Waals surface area contributed by atoms with Gasteiger partial charge in [-0.3, -0.25) is 9.59 Å². The summed E-state index contributed by atoms with van der Waals surface area (Å²) in [5.41, 5.74) is 5.32. The summed E-state index contributed by atoms with van der Waals surface area (Å²) in [5, 5.41) is 31.4.